The van der Waals surface area contributed by atoms with Crippen LogP contribution in [0.3, 0.4) is 0 Å². The first-order chi connectivity index (χ1) is 15.4. The Kier molecular flexibility index (Phi) is 4.81. The van der Waals surface area contributed by atoms with E-state index in [1.807, 2.05) is 0 Å². The van der Waals surface area contributed by atoms with Crippen LogP contribution >= 0.6 is 0 Å². The summed E-state index contributed by atoms with van der Waals surface area (Å²) in [5.41, 5.74) is 1.37. The number of carbonyl (C=O) groups excluding carboxylic acids is 2. The van der Waals surface area contributed by atoms with Crippen molar-refractivity contribution in [1.29, 1.82) is 0 Å². The van der Waals surface area contributed by atoms with Crippen molar-refractivity contribution in [1.82, 2.24) is 19.6 Å². The number of imidazole rings is 1. The van der Waals surface area contributed by atoms with Gasteiger partial charge in [0.05, 0.1) is 6.20 Å². The highest BCUT2D eigenvalue weighted by atomic mass is 16.5. The van der Waals surface area contributed by atoms with Gasteiger partial charge in [0.2, 0.25) is 11.8 Å². The van der Waals surface area contributed by atoms with Crippen molar-refractivity contribution in [3.63, 3.8) is 0 Å². The Labute approximate surface area is 182 Å². The SMILES string of the molecule is Cc1nc(C(=O)Nc2cccc(Oc3ccc4nc(NC(=O)C5CC5)cn4n3)c2)c(C)o1. The number of hydrogen-bond donors (Lipinski definition) is 2. The molecule has 3 aromatic heterocycles. The minimum atomic E-state index is -0.366. The predicted octanol–water partition coefficient (Wildman–Crippen LogP) is 3.73. The van der Waals surface area contributed by atoms with Gasteiger partial charge in [0.25, 0.3) is 5.91 Å². The van der Waals surface area contributed by atoms with Crippen LogP contribution in [0.1, 0.15) is 35.0 Å². The third kappa shape index (κ3) is 4.15. The van der Waals surface area contributed by atoms with Gasteiger partial charge in [0, 0.05) is 30.7 Å². The molecule has 1 saturated carbocycles. The Balaban J connectivity index is 1.29. The third-order valence-corrected chi connectivity index (χ3v) is 4.93. The van der Waals surface area contributed by atoms with Crippen LogP contribution in [0.4, 0.5) is 11.5 Å². The third-order valence-electron chi connectivity index (χ3n) is 4.93. The number of nitrogens with one attached hydrogen (secondary N) is 2. The Morgan fingerprint density at radius 3 is 2.72 bits per heavy atom. The van der Waals surface area contributed by atoms with Gasteiger partial charge in [0.15, 0.2) is 23.0 Å². The van der Waals surface area contributed by atoms with Crippen LogP contribution in [-0.4, -0.2) is 31.4 Å². The summed E-state index contributed by atoms with van der Waals surface area (Å²) in [5, 5.41) is 9.97. The monoisotopic (exact) mass is 432 g/mol. The van der Waals surface area contributed by atoms with Gasteiger partial charge in [-0.2, -0.15) is 0 Å². The van der Waals surface area contributed by atoms with Crippen molar-refractivity contribution in [2.75, 3.05) is 10.6 Å². The minimum Gasteiger partial charge on any atom is -0.445 e. The zero-order valence-corrected chi connectivity index (χ0v) is 17.5. The lowest BCUT2D eigenvalue weighted by Gasteiger charge is -2.08. The normalized spacial score (nSPS) is 13.2. The molecule has 0 saturated heterocycles. The summed E-state index contributed by atoms with van der Waals surface area (Å²) >= 11 is 0. The van der Waals surface area contributed by atoms with Gasteiger partial charge in [-0.1, -0.05) is 6.07 Å². The van der Waals surface area contributed by atoms with Crippen molar-refractivity contribution < 1.29 is 18.7 Å². The standard InChI is InChI=1S/C22H20N6O4/c1-12-20(23-13(2)31-12)22(30)24-15-4-3-5-16(10-15)32-19-9-8-18-25-17(11-28(18)27-19)26-21(29)14-6-7-14/h3-5,8-11,14H,6-7H2,1-2H3,(H,24,30)(H,26,29). The fourth-order valence-electron chi connectivity index (χ4n) is 3.24. The maximum Gasteiger partial charge on any atom is 0.277 e. The van der Waals surface area contributed by atoms with Gasteiger partial charge in [-0.3, -0.25) is 9.59 Å². The number of amides is 2. The number of ether oxygens (including phenoxy) is 1. The van der Waals surface area contributed by atoms with E-state index in [4.69, 9.17) is 9.15 Å². The van der Waals surface area contributed by atoms with Crippen molar-refractivity contribution in [2.24, 2.45) is 5.92 Å². The maximum absolute atomic E-state index is 12.5. The molecule has 5 rings (SSSR count). The lowest BCUT2D eigenvalue weighted by atomic mass is 10.2. The molecule has 1 aliphatic rings. The molecule has 3 heterocycles. The Morgan fingerprint density at radius 2 is 1.97 bits per heavy atom. The van der Waals surface area contributed by atoms with E-state index >= 15 is 0 Å². The van der Waals surface area contributed by atoms with Crippen molar-refractivity contribution in [3.8, 4) is 11.6 Å². The molecule has 1 fully saturated rings. The number of fused-ring (bicyclic) bond motifs is 1. The zero-order chi connectivity index (χ0) is 22.2. The molecule has 10 heteroatoms. The van der Waals surface area contributed by atoms with Crippen LogP contribution in [0.15, 0.2) is 47.0 Å². The number of hydrogen-bond acceptors (Lipinski definition) is 7. The molecule has 0 bridgehead atoms. The second-order valence-corrected chi connectivity index (χ2v) is 7.59. The highest BCUT2D eigenvalue weighted by Gasteiger charge is 2.30. The Hall–Kier alpha value is -4.21. The molecule has 32 heavy (non-hydrogen) atoms. The van der Waals surface area contributed by atoms with E-state index in [2.05, 4.69) is 25.7 Å². The Bertz CT molecular complexity index is 1340. The smallest absolute Gasteiger partial charge is 0.277 e. The largest absolute Gasteiger partial charge is 0.445 e. The van der Waals surface area contributed by atoms with E-state index in [9.17, 15) is 9.59 Å². The molecule has 0 unspecified atom stereocenters. The molecule has 10 nitrogen and oxygen atoms in total. The molecular formula is C22H20N6O4. The summed E-state index contributed by atoms with van der Waals surface area (Å²) in [5.74, 6) is 1.88. The fourth-order valence-corrected chi connectivity index (χ4v) is 3.24. The molecule has 162 valence electrons. The molecule has 0 spiro atoms. The van der Waals surface area contributed by atoms with Crippen LogP contribution < -0.4 is 15.4 Å². The van der Waals surface area contributed by atoms with E-state index < -0.39 is 0 Å². The summed E-state index contributed by atoms with van der Waals surface area (Å²) in [4.78, 5) is 32.8. The number of carbonyl (C=O) groups is 2. The molecular weight excluding hydrogens is 412 g/mol. The highest BCUT2D eigenvalue weighted by molar-refractivity contribution is 6.03. The second-order valence-electron chi connectivity index (χ2n) is 7.59. The van der Waals surface area contributed by atoms with Crippen molar-refractivity contribution in [3.05, 3.63) is 59.9 Å². The molecule has 0 radical (unpaired) electrons. The van der Waals surface area contributed by atoms with Crippen molar-refractivity contribution in [2.45, 2.75) is 26.7 Å². The number of oxazole rings is 1. The molecule has 0 aliphatic heterocycles. The summed E-state index contributed by atoms with van der Waals surface area (Å²) < 4.78 is 12.7. The molecule has 2 N–H and O–H groups in total. The summed E-state index contributed by atoms with van der Waals surface area (Å²) in [6, 6.07) is 10.4. The van der Waals surface area contributed by atoms with E-state index in [-0.39, 0.29) is 23.4 Å². The number of anilines is 2. The molecule has 0 atom stereocenters. The second kappa shape index (κ2) is 7.80. The molecule has 2 amide bonds. The summed E-state index contributed by atoms with van der Waals surface area (Å²) in [7, 11) is 0. The number of benzene rings is 1. The quantitative estimate of drug-likeness (QED) is 0.476. The van der Waals surface area contributed by atoms with Gasteiger partial charge < -0.3 is 19.8 Å². The van der Waals surface area contributed by atoms with Gasteiger partial charge in [0.1, 0.15) is 11.5 Å². The predicted molar refractivity (Wildman–Crippen MR) is 115 cm³/mol. The van der Waals surface area contributed by atoms with Gasteiger partial charge >= 0.3 is 0 Å². The molecule has 1 aromatic carbocycles. The van der Waals surface area contributed by atoms with Crippen LogP contribution in [0.5, 0.6) is 11.6 Å². The van der Waals surface area contributed by atoms with Crippen LogP contribution in [-0.2, 0) is 4.79 Å². The molecule has 4 aromatic rings. The zero-order valence-electron chi connectivity index (χ0n) is 17.5. The van der Waals surface area contributed by atoms with E-state index in [0.29, 0.717) is 40.4 Å². The van der Waals surface area contributed by atoms with Crippen LogP contribution in [0.25, 0.3) is 5.65 Å². The number of nitrogens with zero attached hydrogens (tertiary/aromatic N) is 4. The van der Waals surface area contributed by atoms with E-state index in [0.717, 1.165) is 12.8 Å². The lowest BCUT2D eigenvalue weighted by Crippen LogP contribution is -2.13. The van der Waals surface area contributed by atoms with Gasteiger partial charge in [-0.15, -0.1) is 5.10 Å². The average Bonchev–Trinajstić information content (AvgIpc) is 3.44. The fraction of sp³-hybridized carbons (Fsp3) is 0.227. The van der Waals surface area contributed by atoms with Gasteiger partial charge in [-0.25, -0.2) is 14.5 Å². The maximum atomic E-state index is 12.5. The first-order valence-corrected chi connectivity index (χ1v) is 10.2. The number of aromatic nitrogens is 4. The van der Waals surface area contributed by atoms with E-state index in [1.54, 1.807) is 61.0 Å². The van der Waals surface area contributed by atoms with Crippen LogP contribution in [0.2, 0.25) is 0 Å². The topological polar surface area (TPSA) is 124 Å². The summed E-state index contributed by atoms with van der Waals surface area (Å²) in [6.07, 6.45) is 3.49. The first kappa shape index (κ1) is 19.7. The number of aryl methyl sites for hydroxylation is 2. The number of rotatable bonds is 6. The van der Waals surface area contributed by atoms with Crippen molar-refractivity contribution >= 4 is 29.0 Å². The first-order valence-electron chi connectivity index (χ1n) is 10.2. The highest BCUT2D eigenvalue weighted by Crippen LogP contribution is 2.30. The summed E-state index contributed by atoms with van der Waals surface area (Å²) in [6.45, 7) is 3.38. The minimum absolute atomic E-state index is 0.0142. The van der Waals surface area contributed by atoms with Crippen LogP contribution in [0, 0.1) is 19.8 Å². The van der Waals surface area contributed by atoms with E-state index in [1.165, 1.54) is 0 Å². The lowest BCUT2D eigenvalue weighted by molar-refractivity contribution is -0.117. The van der Waals surface area contributed by atoms with Gasteiger partial charge in [-0.05, 0) is 38.0 Å². The molecule has 1 aliphatic carbocycles. The average molecular weight is 432 g/mol. The Morgan fingerprint density at radius 1 is 1.12 bits per heavy atom.